The van der Waals surface area contributed by atoms with E-state index in [1.165, 1.54) is 0 Å². The van der Waals surface area contributed by atoms with Gasteiger partial charge in [0.05, 0.1) is 0 Å². The first-order chi connectivity index (χ1) is 13.7. The molecule has 0 atom stereocenters. The van der Waals surface area contributed by atoms with Gasteiger partial charge in [-0.15, -0.1) is 0 Å². The molecule has 154 valence electrons. The van der Waals surface area contributed by atoms with E-state index in [0.717, 1.165) is 64.1 Å². The molecule has 7 heteroatoms. The average Bonchev–Trinajstić information content (AvgIpc) is 2.77. The van der Waals surface area contributed by atoms with E-state index in [1.807, 2.05) is 23.1 Å². The summed E-state index contributed by atoms with van der Waals surface area (Å²) in [5, 5.41) is 2.99. The molecule has 0 unspecified atom stereocenters. The molecule has 0 bridgehead atoms. The third-order valence-corrected chi connectivity index (χ3v) is 5.84. The Hall–Kier alpha value is -2.15. The first-order valence-electron chi connectivity index (χ1n) is 10.4. The fourth-order valence-corrected chi connectivity index (χ4v) is 4.13. The summed E-state index contributed by atoms with van der Waals surface area (Å²) in [7, 11) is 1.67. The number of aromatic nitrogens is 1. The second kappa shape index (κ2) is 10.4. The maximum Gasteiger partial charge on any atom is 0.225 e. The summed E-state index contributed by atoms with van der Waals surface area (Å²) in [4.78, 5) is 33.8. The second-order valence-electron chi connectivity index (χ2n) is 7.69. The molecule has 2 amide bonds. The van der Waals surface area contributed by atoms with Crippen LogP contribution in [0.15, 0.2) is 24.4 Å². The Morgan fingerprint density at radius 1 is 1.11 bits per heavy atom. The van der Waals surface area contributed by atoms with Crippen LogP contribution < -0.4 is 10.2 Å². The molecule has 7 nitrogen and oxygen atoms in total. The van der Waals surface area contributed by atoms with Gasteiger partial charge in [0.25, 0.3) is 0 Å². The number of methoxy groups -OCH3 is 1. The largest absolute Gasteiger partial charge is 0.385 e. The van der Waals surface area contributed by atoms with Gasteiger partial charge in [-0.25, -0.2) is 4.98 Å². The number of hydrogen-bond donors (Lipinski definition) is 1. The maximum atomic E-state index is 12.9. The minimum atomic E-state index is 0.0487. The number of anilines is 1. The summed E-state index contributed by atoms with van der Waals surface area (Å²) in [6.45, 7) is 4.45. The molecule has 2 fully saturated rings. The average molecular weight is 389 g/mol. The van der Waals surface area contributed by atoms with E-state index in [4.69, 9.17) is 4.74 Å². The van der Waals surface area contributed by atoms with Crippen LogP contribution in [-0.4, -0.2) is 68.1 Å². The van der Waals surface area contributed by atoms with Crippen LogP contribution in [0.1, 0.15) is 32.1 Å². The van der Waals surface area contributed by atoms with Gasteiger partial charge < -0.3 is 19.9 Å². The monoisotopic (exact) mass is 388 g/mol. The highest BCUT2D eigenvalue weighted by atomic mass is 16.5. The van der Waals surface area contributed by atoms with Crippen molar-refractivity contribution in [3.05, 3.63) is 24.4 Å². The summed E-state index contributed by atoms with van der Waals surface area (Å²) in [5.74, 6) is 1.49. The molecule has 2 aliphatic rings. The lowest BCUT2D eigenvalue weighted by Crippen LogP contribution is -2.51. The van der Waals surface area contributed by atoms with E-state index in [0.29, 0.717) is 13.2 Å². The molecule has 28 heavy (non-hydrogen) atoms. The van der Waals surface area contributed by atoms with Crippen molar-refractivity contribution in [2.24, 2.45) is 11.8 Å². The molecule has 1 saturated heterocycles. The van der Waals surface area contributed by atoms with Crippen molar-refractivity contribution in [2.45, 2.75) is 32.1 Å². The summed E-state index contributed by atoms with van der Waals surface area (Å²) >= 11 is 0. The first-order valence-corrected chi connectivity index (χ1v) is 10.4. The minimum absolute atomic E-state index is 0.0487. The molecular weight excluding hydrogens is 356 g/mol. The number of nitrogens with zero attached hydrogens (tertiary/aromatic N) is 3. The van der Waals surface area contributed by atoms with Crippen LogP contribution in [0.2, 0.25) is 0 Å². The van der Waals surface area contributed by atoms with Crippen molar-refractivity contribution in [2.75, 3.05) is 51.3 Å². The van der Waals surface area contributed by atoms with E-state index in [-0.39, 0.29) is 23.7 Å². The van der Waals surface area contributed by atoms with Gasteiger partial charge in [0.15, 0.2) is 0 Å². The Balaban J connectivity index is 1.39. The van der Waals surface area contributed by atoms with Gasteiger partial charge in [-0.1, -0.05) is 6.07 Å². The van der Waals surface area contributed by atoms with Crippen molar-refractivity contribution in [3.8, 4) is 0 Å². The van der Waals surface area contributed by atoms with Gasteiger partial charge in [0.2, 0.25) is 11.8 Å². The van der Waals surface area contributed by atoms with Gasteiger partial charge in [-0.05, 0) is 44.2 Å². The van der Waals surface area contributed by atoms with Crippen LogP contribution >= 0.6 is 0 Å². The van der Waals surface area contributed by atoms with Crippen LogP contribution in [0.25, 0.3) is 0 Å². The van der Waals surface area contributed by atoms with Crippen molar-refractivity contribution < 1.29 is 14.3 Å². The number of pyridine rings is 1. The molecule has 0 radical (unpaired) electrons. The van der Waals surface area contributed by atoms with Gasteiger partial charge in [-0.3, -0.25) is 9.59 Å². The van der Waals surface area contributed by atoms with E-state index in [1.54, 1.807) is 13.3 Å². The number of hydrogen-bond acceptors (Lipinski definition) is 5. The number of nitrogens with one attached hydrogen (secondary N) is 1. The van der Waals surface area contributed by atoms with Crippen molar-refractivity contribution in [3.63, 3.8) is 0 Å². The first kappa shape index (κ1) is 20.6. The summed E-state index contributed by atoms with van der Waals surface area (Å²) < 4.78 is 5.00. The molecule has 0 spiro atoms. The lowest BCUT2D eigenvalue weighted by molar-refractivity contribution is -0.138. The molecule has 1 N–H and O–H groups in total. The van der Waals surface area contributed by atoms with Crippen LogP contribution in [0, 0.1) is 11.8 Å². The lowest BCUT2D eigenvalue weighted by Gasteiger charge is -2.38. The summed E-state index contributed by atoms with van der Waals surface area (Å²) in [5.41, 5.74) is 0. The number of rotatable bonds is 7. The number of amides is 2. The van der Waals surface area contributed by atoms with Gasteiger partial charge in [-0.2, -0.15) is 0 Å². The van der Waals surface area contributed by atoms with Crippen molar-refractivity contribution in [1.29, 1.82) is 0 Å². The second-order valence-corrected chi connectivity index (χ2v) is 7.69. The van der Waals surface area contributed by atoms with E-state index in [9.17, 15) is 9.59 Å². The van der Waals surface area contributed by atoms with E-state index < -0.39 is 0 Å². The van der Waals surface area contributed by atoms with Gasteiger partial charge in [0.1, 0.15) is 5.82 Å². The topological polar surface area (TPSA) is 74.8 Å². The highest BCUT2D eigenvalue weighted by molar-refractivity contribution is 5.81. The molecule has 1 aromatic heterocycles. The molecule has 1 saturated carbocycles. The summed E-state index contributed by atoms with van der Waals surface area (Å²) in [6.07, 6.45) is 5.88. The predicted molar refractivity (Wildman–Crippen MR) is 108 cm³/mol. The molecule has 3 rings (SSSR count). The zero-order chi connectivity index (χ0) is 19.8. The number of carbonyl (C=O) groups excluding carboxylic acids is 2. The number of carbonyl (C=O) groups is 2. The Kier molecular flexibility index (Phi) is 7.65. The van der Waals surface area contributed by atoms with Crippen LogP contribution in [0.3, 0.4) is 0 Å². The highest BCUT2D eigenvalue weighted by Gasteiger charge is 2.33. The van der Waals surface area contributed by atoms with Gasteiger partial charge in [0, 0.05) is 64.5 Å². The van der Waals surface area contributed by atoms with E-state index in [2.05, 4.69) is 15.2 Å². The normalized spacial score (nSPS) is 22.8. The number of ether oxygens (including phenoxy) is 1. The zero-order valence-electron chi connectivity index (χ0n) is 16.8. The smallest absolute Gasteiger partial charge is 0.225 e. The number of piperazine rings is 1. The molecule has 0 aromatic carbocycles. The van der Waals surface area contributed by atoms with Crippen LogP contribution in [0.4, 0.5) is 5.82 Å². The Bertz CT molecular complexity index is 624. The third-order valence-electron chi connectivity index (χ3n) is 5.84. The van der Waals surface area contributed by atoms with E-state index >= 15 is 0 Å². The maximum absolute atomic E-state index is 12.9. The van der Waals surface area contributed by atoms with Crippen molar-refractivity contribution in [1.82, 2.24) is 15.2 Å². The molecule has 1 aliphatic carbocycles. The minimum Gasteiger partial charge on any atom is -0.385 e. The molecular formula is C21H32N4O3. The highest BCUT2D eigenvalue weighted by Crippen LogP contribution is 2.30. The predicted octanol–water partition coefficient (Wildman–Crippen LogP) is 1.69. The van der Waals surface area contributed by atoms with Crippen molar-refractivity contribution >= 4 is 17.6 Å². The standard InChI is InChI=1S/C21H32N4O3/c1-28-16-4-11-23-20(26)17-6-8-18(9-7-17)21(27)25-14-12-24(13-15-25)19-5-2-3-10-22-19/h2-3,5,10,17-18H,4,6-9,11-16H2,1H3,(H,23,26). The Morgan fingerprint density at radius 3 is 2.46 bits per heavy atom. The fraction of sp³-hybridized carbons (Fsp3) is 0.667. The molecule has 1 aliphatic heterocycles. The quantitative estimate of drug-likeness (QED) is 0.720. The Morgan fingerprint density at radius 2 is 1.82 bits per heavy atom. The molecule has 1 aromatic rings. The van der Waals surface area contributed by atoms with Crippen LogP contribution in [0.5, 0.6) is 0 Å². The molecule has 2 heterocycles. The SMILES string of the molecule is COCCCNC(=O)C1CCC(C(=O)N2CCN(c3ccccn3)CC2)CC1. The Labute approximate surface area is 167 Å². The van der Waals surface area contributed by atoms with Crippen LogP contribution in [-0.2, 0) is 14.3 Å². The third kappa shape index (κ3) is 5.44. The fourth-order valence-electron chi connectivity index (χ4n) is 4.13. The lowest BCUT2D eigenvalue weighted by atomic mass is 9.81. The summed E-state index contributed by atoms with van der Waals surface area (Å²) in [6, 6.07) is 5.92. The van der Waals surface area contributed by atoms with Gasteiger partial charge >= 0.3 is 0 Å². The zero-order valence-corrected chi connectivity index (χ0v) is 16.8.